The fraction of sp³-hybridized carbons (Fsp3) is 1.00. The minimum absolute atomic E-state index is 1.20. The summed E-state index contributed by atoms with van der Waals surface area (Å²) in [5.41, 5.74) is 0. The Kier molecular flexibility index (Phi) is 7.09. The summed E-state index contributed by atoms with van der Waals surface area (Å²) in [4.78, 5) is 2.46. The zero-order valence-electron chi connectivity index (χ0n) is 6.98. The van der Waals surface area contributed by atoms with E-state index >= 15 is 0 Å². The molecule has 1 nitrogen and oxygen atoms in total. The summed E-state index contributed by atoms with van der Waals surface area (Å²) in [5.74, 6) is 0. The van der Waals surface area contributed by atoms with Crippen LogP contribution >= 0.6 is 0 Å². The Morgan fingerprint density at radius 2 is 1.78 bits per heavy atom. The van der Waals surface area contributed by atoms with E-state index in [0.717, 1.165) is 0 Å². The molecule has 0 aromatic heterocycles. The van der Waals surface area contributed by atoms with Crippen LogP contribution in [0.4, 0.5) is 0 Å². The summed E-state index contributed by atoms with van der Waals surface area (Å²) in [6.07, 6.45) is 1.35. The molecule has 0 bridgehead atoms. The van der Waals surface area contributed by atoms with E-state index in [0.29, 0.717) is 0 Å². The maximum atomic E-state index is 2.46. The molecule has 0 N–H and O–H groups in total. The zero-order chi connectivity index (χ0) is 7.11. The molecule has 0 unspecified atom stereocenters. The average molecular weight is 121 g/mol. The van der Waals surface area contributed by atoms with Gasteiger partial charge in [-0.15, -0.1) is 0 Å². The first-order valence-corrected chi connectivity index (χ1v) is 4.07. The summed E-state index contributed by atoms with van der Waals surface area (Å²) in [6, 6.07) is 0. The monoisotopic (exact) mass is 121 g/mol. The number of hydrogen-bond donors (Lipinski definition) is 0. The van der Waals surface area contributed by atoms with E-state index in [9.17, 15) is 0 Å². The predicted octanol–water partition coefficient (Wildman–Crippen LogP) is 1.31. The second kappa shape index (κ2) is 6.67. The van der Waals surface area contributed by atoms with Crippen LogP contribution in [0.2, 0.25) is 5.09 Å². The molecule has 0 rings (SSSR count). The van der Waals surface area contributed by atoms with Crippen LogP contribution in [0.3, 0.4) is 0 Å². The SMILES string of the molecule is [Li][CH2]CCN(CC)CC. The van der Waals surface area contributed by atoms with Crippen LogP contribution in [0.15, 0.2) is 0 Å². The van der Waals surface area contributed by atoms with E-state index in [1.165, 1.54) is 31.1 Å². The van der Waals surface area contributed by atoms with Crippen LogP contribution < -0.4 is 0 Å². The fourth-order valence-corrected chi connectivity index (χ4v) is 0.922. The van der Waals surface area contributed by atoms with Crippen LogP contribution in [0, 0.1) is 0 Å². The third kappa shape index (κ3) is 5.02. The minimum atomic E-state index is 1.20. The van der Waals surface area contributed by atoms with Crippen molar-refractivity contribution in [1.82, 2.24) is 4.90 Å². The molecule has 0 aromatic carbocycles. The zero-order valence-corrected chi connectivity index (χ0v) is 6.98. The molecule has 0 spiro atoms. The van der Waals surface area contributed by atoms with Gasteiger partial charge in [-0.2, -0.15) is 0 Å². The van der Waals surface area contributed by atoms with Crippen molar-refractivity contribution in [3.8, 4) is 0 Å². The Bertz CT molecular complexity index is 52.9. The van der Waals surface area contributed by atoms with Gasteiger partial charge in [0.2, 0.25) is 0 Å². The third-order valence-corrected chi connectivity index (χ3v) is 1.72. The van der Waals surface area contributed by atoms with E-state index in [1.807, 2.05) is 0 Å². The Morgan fingerprint density at radius 3 is 2.11 bits per heavy atom. The van der Waals surface area contributed by atoms with Crippen molar-refractivity contribution >= 4 is 17.7 Å². The number of hydrogen-bond acceptors (Lipinski definition) is 1. The molecule has 0 fully saturated rings. The first-order chi connectivity index (χ1) is 4.35. The molecule has 0 radical (unpaired) electrons. The Hall–Kier alpha value is 0.557. The van der Waals surface area contributed by atoms with Crippen molar-refractivity contribution in [2.24, 2.45) is 0 Å². The summed E-state index contributed by atoms with van der Waals surface area (Å²) in [5, 5.41) is 1.32. The van der Waals surface area contributed by atoms with Gasteiger partial charge >= 0.3 is 67.6 Å². The van der Waals surface area contributed by atoms with Crippen LogP contribution in [-0.2, 0) is 0 Å². The molecule has 0 aliphatic rings. The summed E-state index contributed by atoms with van der Waals surface area (Å²) >= 11 is 2.24. The molecule has 0 heterocycles. The quantitative estimate of drug-likeness (QED) is 0.495. The number of rotatable bonds is 5. The second-order valence-electron chi connectivity index (χ2n) is 2.38. The molecule has 0 aliphatic heterocycles. The van der Waals surface area contributed by atoms with Crippen molar-refractivity contribution in [2.45, 2.75) is 25.4 Å². The van der Waals surface area contributed by atoms with Crippen LogP contribution in [-0.4, -0.2) is 42.2 Å². The van der Waals surface area contributed by atoms with Gasteiger partial charge in [0.1, 0.15) is 0 Å². The van der Waals surface area contributed by atoms with Gasteiger partial charge < -0.3 is 0 Å². The maximum absolute atomic E-state index is 2.46. The van der Waals surface area contributed by atoms with Gasteiger partial charge in [0.15, 0.2) is 0 Å². The molecular formula is C7H16LiN. The molecule has 0 saturated carbocycles. The van der Waals surface area contributed by atoms with Crippen molar-refractivity contribution in [1.29, 1.82) is 0 Å². The molecule has 0 saturated heterocycles. The Morgan fingerprint density at radius 1 is 1.22 bits per heavy atom. The van der Waals surface area contributed by atoms with E-state index in [1.54, 1.807) is 0 Å². The third-order valence-electron chi connectivity index (χ3n) is 1.72. The van der Waals surface area contributed by atoms with Crippen molar-refractivity contribution in [2.75, 3.05) is 19.6 Å². The predicted molar refractivity (Wildman–Crippen MR) is 43.0 cm³/mol. The van der Waals surface area contributed by atoms with E-state index < -0.39 is 0 Å². The standard InChI is InChI=1S/C7H16N.Li/c1-4-7-8(5-2)6-3;/h1,4-7H2,2-3H3;. The first kappa shape index (κ1) is 9.56. The van der Waals surface area contributed by atoms with Crippen molar-refractivity contribution in [3.63, 3.8) is 0 Å². The van der Waals surface area contributed by atoms with Gasteiger partial charge in [0.05, 0.1) is 0 Å². The van der Waals surface area contributed by atoms with Crippen molar-refractivity contribution < 1.29 is 0 Å². The topological polar surface area (TPSA) is 3.24 Å². The van der Waals surface area contributed by atoms with Gasteiger partial charge in [-0.3, -0.25) is 0 Å². The van der Waals surface area contributed by atoms with Crippen LogP contribution in [0.25, 0.3) is 0 Å². The molecule has 0 aromatic rings. The summed E-state index contributed by atoms with van der Waals surface area (Å²) < 4.78 is 0. The van der Waals surface area contributed by atoms with E-state index in [2.05, 4.69) is 36.5 Å². The van der Waals surface area contributed by atoms with Gasteiger partial charge in [-0.25, -0.2) is 0 Å². The second-order valence-corrected chi connectivity index (χ2v) is 2.38. The Balaban J connectivity index is 3.09. The normalized spacial score (nSPS) is 10.8. The van der Waals surface area contributed by atoms with Crippen LogP contribution in [0.5, 0.6) is 0 Å². The summed E-state index contributed by atoms with van der Waals surface area (Å²) in [6.45, 7) is 8.13. The molecule has 9 heavy (non-hydrogen) atoms. The molecule has 50 valence electrons. The fourth-order valence-electron chi connectivity index (χ4n) is 0.922. The van der Waals surface area contributed by atoms with Gasteiger partial charge in [-0.1, -0.05) is 0 Å². The summed E-state index contributed by atoms with van der Waals surface area (Å²) in [7, 11) is 0. The van der Waals surface area contributed by atoms with Gasteiger partial charge in [0.25, 0.3) is 0 Å². The molecule has 2 heteroatoms. The van der Waals surface area contributed by atoms with E-state index in [-0.39, 0.29) is 0 Å². The van der Waals surface area contributed by atoms with E-state index in [4.69, 9.17) is 0 Å². The molecule has 0 amide bonds. The van der Waals surface area contributed by atoms with Gasteiger partial charge in [0, 0.05) is 0 Å². The van der Waals surface area contributed by atoms with Crippen molar-refractivity contribution in [3.05, 3.63) is 0 Å². The van der Waals surface area contributed by atoms with Gasteiger partial charge in [-0.05, 0) is 0 Å². The molecular weight excluding hydrogens is 105 g/mol. The van der Waals surface area contributed by atoms with Crippen LogP contribution in [0.1, 0.15) is 20.3 Å². The Labute approximate surface area is 68.0 Å². The first-order valence-electron chi connectivity index (χ1n) is 4.07. The average Bonchev–Trinajstić information content (AvgIpc) is 1.91. The molecule has 0 aliphatic carbocycles. The molecule has 0 atom stereocenters. The number of nitrogens with zero attached hydrogens (tertiary/aromatic N) is 1.